The first kappa shape index (κ1) is 26.0. The highest BCUT2D eigenvalue weighted by Gasteiger charge is 2.15. The summed E-state index contributed by atoms with van der Waals surface area (Å²) in [5.41, 5.74) is 3.00. The first-order chi connectivity index (χ1) is 19.2. The summed E-state index contributed by atoms with van der Waals surface area (Å²) in [5, 5.41) is 27.3. The van der Waals surface area contributed by atoms with Crippen LogP contribution in [0, 0.1) is 20.2 Å². The predicted octanol–water partition coefficient (Wildman–Crippen LogP) is 6.20. The van der Waals surface area contributed by atoms with Crippen LogP contribution in [-0.4, -0.2) is 31.6 Å². The highest BCUT2D eigenvalue weighted by atomic mass is 35.5. The van der Waals surface area contributed by atoms with Gasteiger partial charge in [0.05, 0.1) is 31.6 Å². The molecule has 0 spiro atoms. The largest absolute Gasteiger partial charge is 0.338 e. The molecule has 1 heterocycles. The fraction of sp³-hybridized carbons (Fsp3) is 0. The van der Waals surface area contributed by atoms with E-state index < -0.39 is 21.7 Å². The highest BCUT2D eigenvalue weighted by Crippen LogP contribution is 2.30. The topological polar surface area (TPSA) is 173 Å². The molecule has 0 unspecified atom stereocenters. The molecule has 0 atom stereocenters. The molecule has 0 saturated carbocycles. The van der Waals surface area contributed by atoms with Crippen molar-refractivity contribution >= 4 is 57.2 Å². The van der Waals surface area contributed by atoms with E-state index in [0.717, 1.165) is 5.56 Å². The number of non-ortho nitro benzene ring substituents is 2. The van der Waals surface area contributed by atoms with Gasteiger partial charge in [-0.2, -0.15) is 0 Å². The van der Waals surface area contributed by atoms with Crippen molar-refractivity contribution in [2.45, 2.75) is 0 Å². The van der Waals surface area contributed by atoms with Gasteiger partial charge in [0.2, 0.25) is 0 Å². The van der Waals surface area contributed by atoms with Crippen LogP contribution in [0.1, 0.15) is 20.7 Å². The average Bonchev–Trinajstić information content (AvgIpc) is 3.36. The molecule has 5 rings (SSSR count). The average molecular weight is 557 g/mol. The molecule has 3 N–H and O–H groups in total. The highest BCUT2D eigenvalue weighted by molar-refractivity contribution is 6.34. The van der Waals surface area contributed by atoms with E-state index in [4.69, 9.17) is 11.6 Å². The Labute approximate surface area is 229 Å². The van der Waals surface area contributed by atoms with Crippen LogP contribution in [0.15, 0.2) is 84.9 Å². The third-order valence-corrected chi connectivity index (χ3v) is 6.23. The fourth-order valence-corrected chi connectivity index (χ4v) is 4.05. The van der Waals surface area contributed by atoms with Crippen LogP contribution in [0.4, 0.5) is 22.7 Å². The number of aromatic nitrogens is 2. The number of nitrogens with one attached hydrogen (secondary N) is 3. The van der Waals surface area contributed by atoms with Gasteiger partial charge in [-0.1, -0.05) is 11.6 Å². The minimum atomic E-state index is -0.548. The first-order valence-corrected chi connectivity index (χ1v) is 12.0. The second kappa shape index (κ2) is 10.6. The number of carbonyl (C=O) groups excluding carboxylic acids is 2. The Balaban J connectivity index is 1.30. The van der Waals surface area contributed by atoms with Crippen LogP contribution in [0.2, 0.25) is 5.02 Å². The Morgan fingerprint density at radius 1 is 0.750 bits per heavy atom. The number of nitrogens with zero attached hydrogens (tertiary/aromatic N) is 3. The van der Waals surface area contributed by atoms with Crippen molar-refractivity contribution in [1.29, 1.82) is 0 Å². The van der Waals surface area contributed by atoms with Gasteiger partial charge < -0.3 is 15.6 Å². The summed E-state index contributed by atoms with van der Waals surface area (Å²) in [6.45, 7) is 0. The number of halogens is 1. The lowest BCUT2D eigenvalue weighted by Crippen LogP contribution is -2.12. The normalized spacial score (nSPS) is 10.7. The number of amides is 2. The van der Waals surface area contributed by atoms with Crippen LogP contribution >= 0.6 is 11.6 Å². The summed E-state index contributed by atoms with van der Waals surface area (Å²) in [5.74, 6) is -0.374. The standard InChI is InChI=1S/C27H17ClN6O6/c28-21-13-23-24(14-22(21)32-27(36)17-5-11-20(12-6-17)34(39)40)31-25(30-23)15-1-7-18(8-2-15)29-26(35)16-3-9-19(10-4-16)33(37)38/h1-14H,(H,29,35)(H,30,31)(H,32,36). The first-order valence-electron chi connectivity index (χ1n) is 11.6. The van der Waals surface area contributed by atoms with E-state index in [-0.39, 0.29) is 27.5 Å². The van der Waals surface area contributed by atoms with Crippen molar-refractivity contribution in [3.05, 3.63) is 121 Å². The molecule has 4 aromatic carbocycles. The summed E-state index contributed by atoms with van der Waals surface area (Å²) in [6.07, 6.45) is 0. The number of aromatic amines is 1. The van der Waals surface area contributed by atoms with Crippen molar-refractivity contribution in [2.75, 3.05) is 10.6 Å². The lowest BCUT2D eigenvalue weighted by atomic mass is 10.1. The molecule has 12 nitrogen and oxygen atoms in total. The third-order valence-electron chi connectivity index (χ3n) is 5.92. The van der Waals surface area contributed by atoms with Crippen molar-refractivity contribution in [3.8, 4) is 11.4 Å². The van der Waals surface area contributed by atoms with E-state index in [0.29, 0.717) is 28.2 Å². The van der Waals surface area contributed by atoms with Gasteiger partial charge in [0.25, 0.3) is 23.2 Å². The zero-order chi connectivity index (χ0) is 28.4. The molecule has 198 valence electrons. The maximum atomic E-state index is 12.6. The number of rotatable bonds is 7. The van der Waals surface area contributed by atoms with Gasteiger partial charge in [-0.05, 0) is 60.7 Å². The van der Waals surface area contributed by atoms with Crippen molar-refractivity contribution in [2.24, 2.45) is 0 Å². The number of hydrogen-bond donors (Lipinski definition) is 3. The van der Waals surface area contributed by atoms with E-state index in [1.54, 1.807) is 36.4 Å². The zero-order valence-corrected chi connectivity index (χ0v) is 21.0. The van der Waals surface area contributed by atoms with Crippen molar-refractivity contribution in [1.82, 2.24) is 9.97 Å². The Morgan fingerprint density at radius 2 is 1.27 bits per heavy atom. The molecule has 0 aliphatic rings. The lowest BCUT2D eigenvalue weighted by molar-refractivity contribution is -0.385. The summed E-state index contributed by atoms with van der Waals surface area (Å²) in [7, 11) is 0. The molecule has 0 aliphatic heterocycles. The summed E-state index contributed by atoms with van der Waals surface area (Å²) < 4.78 is 0. The van der Waals surface area contributed by atoms with Crippen LogP contribution in [-0.2, 0) is 0 Å². The van der Waals surface area contributed by atoms with Gasteiger partial charge in [-0.25, -0.2) is 4.98 Å². The number of fused-ring (bicyclic) bond motifs is 1. The smallest absolute Gasteiger partial charge is 0.269 e. The molecule has 40 heavy (non-hydrogen) atoms. The minimum absolute atomic E-state index is 0.105. The maximum Gasteiger partial charge on any atom is 0.269 e. The van der Waals surface area contributed by atoms with E-state index in [2.05, 4.69) is 20.6 Å². The van der Waals surface area contributed by atoms with E-state index in [1.165, 1.54) is 48.5 Å². The van der Waals surface area contributed by atoms with Gasteiger partial charge in [-0.15, -0.1) is 0 Å². The van der Waals surface area contributed by atoms with Gasteiger partial charge in [0, 0.05) is 46.6 Å². The van der Waals surface area contributed by atoms with Crippen LogP contribution in [0.25, 0.3) is 22.4 Å². The number of nitro groups is 2. The van der Waals surface area contributed by atoms with Gasteiger partial charge in [0.1, 0.15) is 5.82 Å². The summed E-state index contributed by atoms with van der Waals surface area (Å²) in [6, 6.07) is 20.6. The molecule has 5 aromatic rings. The molecular formula is C27H17ClN6O6. The van der Waals surface area contributed by atoms with E-state index >= 15 is 0 Å². The Bertz CT molecular complexity index is 1780. The number of carbonyl (C=O) groups is 2. The number of nitro benzene ring substituents is 2. The zero-order valence-electron chi connectivity index (χ0n) is 20.3. The molecule has 0 aliphatic carbocycles. The maximum absolute atomic E-state index is 12.6. The summed E-state index contributed by atoms with van der Waals surface area (Å²) in [4.78, 5) is 53.4. The van der Waals surface area contributed by atoms with Crippen LogP contribution in [0.3, 0.4) is 0 Å². The molecule has 0 saturated heterocycles. The van der Waals surface area contributed by atoms with Crippen LogP contribution in [0.5, 0.6) is 0 Å². The van der Waals surface area contributed by atoms with Gasteiger partial charge >= 0.3 is 0 Å². The summed E-state index contributed by atoms with van der Waals surface area (Å²) >= 11 is 6.38. The minimum Gasteiger partial charge on any atom is -0.338 e. The quantitative estimate of drug-likeness (QED) is 0.158. The molecule has 0 fully saturated rings. The number of H-pyrrole nitrogens is 1. The number of benzene rings is 4. The second-order valence-electron chi connectivity index (χ2n) is 8.53. The second-order valence-corrected chi connectivity index (χ2v) is 8.94. The van der Waals surface area contributed by atoms with E-state index in [1.807, 2.05) is 0 Å². The molecule has 2 amide bonds. The number of hydrogen-bond acceptors (Lipinski definition) is 7. The SMILES string of the molecule is O=C(Nc1ccc(-c2nc3cc(NC(=O)c4ccc([N+](=O)[O-])cc4)c(Cl)cc3[nH]2)cc1)c1ccc([N+](=O)[O-])cc1. The monoisotopic (exact) mass is 556 g/mol. The van der Waals surface area contributed by atoms with Crippen LogP contribution < -0.4 is 10.6 Å². The fourth-order valence-electron chi connectivity index (χ4n) is 3.84. The molecular weight excluding hydrogens is 540 g/mol. The number of imidazole rings is 1. The van der Waals surface area contributed by atoms with E-state index in [9.17, 15) is 29.8 Å². The third kappa shape index (κ3) is 5.47. The predicted molar refractivity (Wildman–Crippen MR) is 149 cm³/mol. The van der Waals surface area contributed by atoms with Crippen molar-refractivity contribution < 1.29 is 19.4 Å². The number of anilines is 2. The Morgan fingerprint density at radius 3 is 1.80 bits per heavy atom. The molecule has 0 bridgehead atoms. The van der Waals surface area contributed by atoms with Crippen molar-refractivity contribution in [3.63, 3.8) is 0 Å². The molecule has 13 heteroatoms. The molecule has 1 aromatic heterocycles. The van der Waals surface area contributed by atoms with Gasteiger partial charge in [-0.3, -0.25) is 29.8 Å². The van der Waals surface area contributed by atoms with Gasteiger partial charge in [0.15, 0.2) is 0 Å². The Hall–Kier alpha value is -5.62. The Kier molecular flexibility index (Phi) is 6.91. The lowest BCUT2D eigenvalue weighted by Gasteiger charge is -2.07. The molecule has 0 radical (unpaired) electrons.